The van der Waals surface area contributed by atoms with Crippen molar-refractivity contribution in [2.24, 2.45) is 11.8 Å². The molecule has 6 heteroatoms. The molecule has 2 aliphatic rings. The number of nitrogens with zero attached hydrogens (tertiary/aromatic N) is 2. The first kappa shape index (κ1) is 17.3. The molecular formula is C20H22N2O3S. The van der Waals surface area contributed by atoms with Crippen LogP contribution in [-0.4, -0.2) is 21.8 Å². The van der Waals surface area contributed by atoms with Crippen LogP contribution in [0.25, 0.3) is 6.08 Å². The van der Waals surface area contributed by atoms with Gasteiger partial charge in [0.05, 0.1) is 0 Å². The van der Waals surface area contributed by atoms with Crippen molar-refractivity contribution in [2.75, 3.05) is 5.75 Å². The summed E-state index contributed by atoms with van der Waals surface area (Å²) < 4.78 is 11.4. The van der Waals surface area contributed by atoms with Gasteiger partial charge in [0.2, 0.25) is 0 Å². The largest absolute Gasteiger partial charge is 0.485 e. The van der Waals surface area contributed by atoms with Crippen molar-refractivity contribution in [3.8, 4) is 5.75 Å². The fourth-order valence-electron chi connectivity index (χ4n) is 3.72. The van der Waals surface area contributed by atoms with Crippen molar-refractivity contribution < 1.29 is 9.15 Å². The van der Waals surface area contributed by atoms with Gasteiger partial charge in [-0.15, -0.1) is 0 Å². The molecule has 0 bridgehead atoms. The van der Waals surface area contributed by atoms with E-state index in [9.17, 15) is 4.79 Å². The molecular weight excluding hydrogens is 348 g/mol. The Hall–Kier alpha value is -2.08. The highest BCUT2D eigenvalue weighted by molar-refractivity contribution is 7.99. The molecule has 5 nitrogen and oxygen atoms in total. The summed E-state index contributed by atoms with van der Waals surface area (Å²) in [5.41, 5.74) is 1.47. The molecule has 0 N–H and O–H groups in total. The molecule has 1 unspecified atom stereocenters. The molecule has 0 amide bonds. The van der Waals surface area contributed by atoms with Crippen molar-refractivity contribution in [2.45, 2.75) is 44.4 Å². The lowest BCUT2D eigenvalue weighted by molar-refractivity contribution is 0.146. The second kappa shape index (κ2) is 7.27. The van der Waals surface area contributed by atoms with Gasteiger partial charge in [-0.25, -0.2) is 14.8 Å². The number of thioether (sulfide) groups is 1. The highest BCUT2D eigenvalue weighted by Gasteiger charge is 2.34. The topological polar surface area (TPSA) is 65.2 Å². The first-order chi connectivity index (χ1) is 12.6. The summed E-state index contributed by atoms with van der Waals surface area (Å²) in [5, 5.41) is 0.834. The van der Waals surface area contributed by atoms with Crippen LogP contribution in [0.5, 0.6) is 5.75 Å². The van der Waals surface area contributed by atoms with E-state index in [2.05, 4.69) is 16.9 Å². The average Bonchev–Trinajstić information content (AvgIpc) is 2.65. The van der Waals surface area contributed by atoms with E-state index in [-0.39, 0.29) is 11.7 Å². The third-order valence-electron chi connectivity index (χ3n) is 5.23. The number of fused-ring (bicyclic) bond motifs is 2. The SMILES string of the molecule is Cc1cc2c(c(=O)o1)C=C1CC[C@H](C(C)CSc3ncccn3)C[C@@H]1O2. The minimum atomic E-state index is -0.305. The minimum Gasteiger partial charge on any atom is -0.485 e. The van der Waals surface area contributed by atoms with Crippen LogP contribution < -0.4 is 10.4 Å². The predicted molar refractivity (Wildman–Crippen MR) is 101 cm³/mol. The molecule has 3 heterocycles. The zero-order valence-corrected chi connectivity index (χ0v) is 15.8. The Morgan fingerprint density at radius 1 is 1.35 bits per heavy atom. The number of hydrogen-bond acceptors (Lipinski definition) is 6. The fraction of sp³-hybridized carbons (Fsp3) is 0.450. The molecule has 2 aromatic rings. The van der Waals surface area contributed by atoms with E-state index in [1.165, 1.54) is 5.57 Å². The lowest BCUT2D eigenvalue weighted by Crippen LogP contribution is -2.34. The molecule has 0 spiro atoms. The Balaban J connectivity index is 1.43. The molecule has 4 rings (SSSR count). The van der Waals surface area contributed by atoms with Gasteiger partial charge in [-0.2, -0.15) is 0 Å². The highest BCUT2D eigenvalue weighted by Crippen LogP contribution is 2.41. The second-order valence-corrected chi connectivity index (χ2v) is 8.09. The summed E-state index contributed by atoms with van der Waals surface area (Å²) in [6, 6.07) is 3.66. The minimum absolute atomic E-state index is 0.0721. The molecule has 0 aromatic carbocycles. The van der Waals surface area contributed by atoms with E-state index in [0.717, 1.165) is 30.2 Å². The van der Waals surface area contributed by atoms with Gasteiger partial charge >= 0.3 is 5.63 Å². The van der Waals surface area contributed by atoms with Gasteiger partial charge in [0.1, 0.15) is 23.2 Å². The molecule has 2 aromatic heterocycles. The van der Waals surface area contributed by atoms with Gasteiger partial charge in [-0.05, 0) is 55.7 Å². The summed E-state index contributed by atoms with van der Waals surface area (Å²) in [6.45, 7) is 4.07. The van der Waals surface area contributed by atoms with Crippen LogP contribution in [-0.2, 0) is 0 Å². The van der Waals surface area contributed by atoms with Crippen LogP contribution in [0, 0.1) is 18.8 Å². The number of rotatable bonds is 4. The number of aryl methyl sites for hydroxylation is 1. The Kier molecular flexibility index (Phi) is 4.85. The Bertz CT molecular complexity index is 878. The van der Waals surface area contributed by atoms with E-state index in [1.807, 2.05) is 18.2 Å². The summed E-state index contributed by atoms with van der Waals surface area (Å²) in [4.78, 5) is 20.6. The van der Waals surface area contributed by atoms with E-state index >= 15 is 0 Å². The second-order valence-electron chi connectivity index (χ2n) is 7.10. The number of hydrogen-bond donors (Lipinski definition) is 0. The number of ether oxygens (including phenoxy) is 1. The predicted octanol–water partition coefficient (Wildman–Crippen LogP) is 4.11. The van der Waals surface area contributed by atoms with Crippen LogP contribution in [0.15, 0.2) is 44.5 Å². The van der Waals surface area contributed by atoms with Crippen molar-refractivity contribution in [3.63, 3.8) is 0 Å². The molecule has 0 saturated heterocycles. The molecule has 136 valence electrons. The molecule has 1 fully saturated rings. The quantitative estimate of drug-likeness (QED) is 0.596. The smallest absolute Gasteiger partial charge is 0.346 e. The van der Waals surface area contributed by atoms with Crippen LogP contribution in [0.1, 0.15) is 37.5 Å². The van der Waals surface area contributed by atoms with Gasteiger partial charge in [0.15, 0.2) is 5.16 Å². The normalized spacial score (nSPS) is 22.6. The van der Waals surface area contributed by atoms with Gasteiger partial charge in [0, 0.05) is 24.2 Å². The third-order valence-corrected chi connectivity index (χ3v) is 6.39. The molecule has 0 radical (unpaired) electrons. The molecule has 26 heavy (non-hydrogen) atoms. The van der Waals surface area contributed by atoms with Crippen molar-refractivity contribution in [1.29, 1.82) is 0 Å². The zero-order chi connectivity index (χ0) is 18.1. The maximum absolute atomic E-state index is 12.0. The van der Waals surface area contributed by atoms with Gasteiger partial charge in [0.25, 0.3) is 0 Å². The highest BCUT2D eigenvalue weighted by atomic mass is 32.2. The summed E-state index contributed by atoms with van der Waals surface area (Å²) in [5.74, 6) is 3.40. The molecule has 1 saturated carbocycles. The van der Waals surface area contributed by atoms with Gasteiger partial charge in [-0.3, -0.25) is 0 Å². The Labute approximate surface area is 156 Å². The van der Waals surface area contributed by atoms with Gasteiger partial charge in [-0.1, -0.05) is 18.7 Å². The van der Waals surface area contributed by atoms with Gasteiger partial charge < -0.3 is 9.15 Å². The zero-order valence-electron chi connectivity index (χ0n) is 15.0. The fourth-order valence-corrected chi connectivity index (χ4v) is 4.68. The van der Waals surface area contributed by atoms with E-state index < -0.39 is 0 Å². The van der Waals surface area contributed by atoms with Crippen molar-refractivity contribution in [3.05, 3.63) is 51.8 Å². The third kappa shape index (κ3) is 3.56. The van der Waals surface area contributed by atoms with Crippen LogP contribution >= 0.6 is 11.8 Å². The van der Waals surface area contributed by atoms with E-state index in [4.69, 9.17) is 9.15 Å². The first-order valence-corrected chi connectivity index (χ1v) is 10.0. The lowest BCUT2D eigenvalue weighted by Gasteiger charge is -2.37. The van der Waals surface area contributed by atoms with Crippen molar-refractivity contribution >= 4 is 17.8 Å². The summed E-state index contributed by atoms with van der Waals surface area (Å²) in [7, 11) is 0. The molecule has 3 atom stereocenters. The monoisotopic (exact) mass is 370 g/mol. The maximum Gasteiger partial charge on any atom is 0.346 e. The molecule has 1 aliphatic carbocycles. The van der Waals surface area contributed by atoms with E-state index in [0.29, 0.717) is 28.9 Å². The summed E-state index contributed by atoms with van der Waals surface area (Å²) >= 11 is 1.71. The van der Waals surface area contributed by atoms with Crippen LogP contribution in [0.3, 0.4) is 0 Å². The Morgan fingerprint density at radius 2 is 2.15 bits per heavy atom. The molecule has 1 aliphatic heterocycles. The standard InChI is InChI=1S/C20H22N2O3S/c1-12(11-26-20-21-6-3-7-22-20)14-4-5-15-9-16-18(25-17(15)10-14)8-13(2)24-19(16)23/h3,6-9,12,14,17H,4-5,10-11H2,1-2H3/t12?,14-,17-/m0/s1. The average molecular weight is 370 g/mol. The first-order valence-electron chi connectivity index (χ1n) is 9.02. The van der Waals surface area contributed by atoms with Crippen molar-refractivity contribution in [1.82, 2.24) is 9.97 Å². The van der Waals surface area contributed by atoms with Crippen LogP contribution in [0.4, 0.5) is 0 Å². The van der Waals surface area contributed by atoms with Crippen LogP contribution in [0.2, 0.25) is 0 Å². The summed E-state index contributed by atoms with van der Waals surface area (Å²) in [6.07, 6.45) is 8.70. The maximum atomic E-state index is 12.0. The number of aromatic nitrogens is 2. The Morgan fingerprint density at radius 3 is 2.96 bits per heavy atom. The lowest BCUT2D eigenvalue weighted by atomic mass is 9.77. The van der Waals surface area contributed by atoms with E-state index in [1.54, 1.807) is 31.1 Å².